The van der Waals surface area contributed by atoms with E-state index in [2.05, 4.69) is 35.1 Å². The Hall–Kier alpha value is -0.580. The molecule has 18 heavy (non-hydrogen) atoms. The van der Waals surface area contributed by atoms with Crippen LogP contribution in [-0.4, -0.2) is 36.0 Å². The van der Waals surface area contributed by atoms with Crippen molar-refractivity contribution in [1.82, 2.24) is 10.2 Å². The topological polar surface area (TPSA) is 32.3 Å². The molecule has 1 aromatic rings. The van der Waals surface area contributed by atoms with Crippen molar-refractivity contribution in [2.45, 2.75) is 25.9 Å². The molecule has 0 spiro atoms. The summed E-state index contributed by atoms with van der Waals surface area (Å²) in [6.07, 6.45) is 0. The molecule has 1 N–H and O–H groups in total. The van der Waals surface area contributed by atoms with Gasteiger partial charge in [0.25, 0.3) is 5.91 Å². The van der Waals surface area contributed by atoms with Gasteiger partial charge in [-0.15, -0.1) is 0 Å². The molecule has 98 valence electrons. The predicted octanol–water partition coefficient (Wildman–Crippen LogP) is 2.92. The molecule has 0 aliphatic carbocycles. The van der Waals surface area contributed by atoms with Gasteiger partial charge in [0.1, 0.15) is 0 Å². The maximum Gasteiger partial charge on any atom is 0.254 e. The third-order valence-corrected chi connectivity index (χ3v) is 4.46. The minimum atomic E-state index is 0.0471. The highest BCUT2D eigenvalue weighted by molar-refractivity contribution is 9.10. The van der Waals surface area contributed by atoms with E-state index in [0.717, 1.165) is 17.6 Å². The number of rotatable bonds is 1. The summed E-state index contributed by atoms with van der Waals surface area (Å²) in [7, 11) is 0. The van der Waals surface area contributed by atoms with Crippen LogP contribution in [0.2, 0.25) is 5.02 Å². The van der Waals surface area contributed by atoms with Crippen molar-refractivity contribution in [3.05, 3.63) is 33.3 Å². The number of piperazine rings is 1. The molecule has 2 unspecified atom stereocenters. The van der Waals surface area contributed by atoms with Gasteiger partial charge in [-0.3, -0.25) is 4.79 Å². The second-order valence-corrected chi connectivity index (χ2v) is 5.96. The van der Waals surface area contributed by atoms with E-state index in [9.17, 15) is 4.79 Å². The summed E-state index contributed by atoms with van der Waals surface area (Å²) in [4.78, 5) is 14.4. The molecule has 0 radical (unpaired) electrons. The zero-order valence-electron chi connectivity index (χ0n) is 10.4. The second-order valence-electron chi connectivity index (χ2n) is 4.70. The largest absolute Gasteiger partial charge is 0.331 e. The molecule has 1 fully saturated rings. The van der Waals surface area contributed by atoms with E-state index < -0.39 is 0 Å². The van der Waals surface area contributed by atoms with Crippen LogP contribution in [0.3, 0.4) is 0 Å². The highest BCUT2D eigenvalue weighted by Crippen LogP contribution is 2.25. The third-order valence-electron chi connectivity index (χ3n) is 3.23. The van der Waals surface area contributed by atoms with Crippen molar-refractivity contribution >= 4 is 33.4 Å². The molecule has 0 saturated carbocycles. The van der Waals surface area contributed by atoms with Gasteiger partial charge in [-0.2, -0.15) is 0 Å². The van der Waals surface area contributed by atoms with E-state index in [1.807, 2.05) is 11.0 Å². The van der Waals surface area contributed by atoms with Gasteiger partial charge < -0.3 is 10.2 Å². The molecule has 1 aliphatic heterocycles. The van der Waals surface area contributed by atoms with Gasteiger partial charge in [0, 0.05) is 35.2 Å². The predicted molar refractivity (Wildman–Crippen MR) is 77.1 cm³/mol. The SMILES string of the molecule is CC1CNCC(C)N1C(=O)c1ccc(Br)c(Cl)c1. The summed E-state index contributed by atoms with van der Waals surface area (Å²) >= 11 is 9.37. The average Bonchev–Trinajstić information content (AvgIpc) is 2.32. The van der Waals surface area contributed by atoms with Gasteiger partial charge in [0.05, 0.1) is 5.02 Å². The first-order valence-corrected chi connectivity index (χ1v) is 7.16. The molecular weight excluding hydrogens is 316 g/mol. The number of halogens is 2. The number of carbonyl (C=O) groups is 1. The Morgan fingerprint density at radius 1 is 1.39 bits per heavy atom. The Balaban J connectivity index is 2.26. The summed E-state index contributed by atoms with van der Waals surface area (Å²) in [6, 6.07) is 5.73. The summed E-state index contributed by atoms with van der Waals surface area (Å²) in [6.45, 7) is 5.78. The van der Waals surface area contributed by atoms with Crippen LogP contribution in [-0.2, 0) is 0 Å². The fourth-order valence-electron chi connectivity index (χ4n) is 2.31. The number of nitrogens with one attached hydrogen (secondary N) is 1. The first kappa shape index (κ1) is 13.8. The average molecular weight is 332 g/mol. The Morgan fingerprint density at radius 3 is 2.56 bits per heavy atom. The summed E-state index contributed by atoms with van der Waals surface area (Å²) in [5, 5.41) is 3.88. The fourth-order valence-corrected chi connectivity index (χ4v) is 2.74. The lowest BCUT2D eigenvalue weighted by molar-refractivity contribution is 0.0544. The van der Waals surface area contributed by atoms with Crippen LogP contribution in [0.15, 0.2) is 22.7 Å². The van der Waals surface area contributed by atoms with Crippen molar-refractivity contribution < 1.29 is 4.79 Å². The molecule has 5 heteroatoms. The Morgan fingerprint density at radius 2 is 2.00 bits per heavy atom. The smallest absolute Gasteiger partial charge is 0.254 e. The monoisotopic (exact) mass is 330 g/mol. The molecule has 2 atom stereocenters. The molecule has 0 aromatic heterocycles. The number of amides is 1. The lowest BCUT2D eigenvalue weighted by Crippen LogP contribution is -2.57. The van der Waals surface area contributed by atoms with Crippen LogP contribution in [0.4, 0.5) is 0 Å². The molecular formula is C13H16BrClN2O. The molecule has 2 rings (SSSR count). The zero-order chi connectivity index (χ0) is 13.3. The standard InChI is InChI=1S/C13H16BrClN2O/c1-8-6-16-7-9(2)17(8)13(18)10-3-4-11(14)12(15)5-10/h3-5,8-9,16H,6-7H2,1-2H3. The second kappa shape index (κ2) is 5.59. The van der Waals surface area contributed by atoms with Gasteiger partial charge in [-0.05, 0) is 48.0 Å². The minimum absolute atomic E-state index is 0.0471. The van der Waals surface area contributed by atoms with Crippen LogP contribution >= 0.6 is 27.5 Å². The van der Waals surface area contributed by atoms with Crippen molar-refractivity contribution in [1.29, 1.82) is 0 Å². The lowest BCUT2D eigenvalue weighted by atomic mass is 10.1. The van der Waals surface area contributed by atoms with Gasteiger partial charge in [-0.1, -0.05) is 11.6 Å². The van der Waals surface area contributed by atoms with Crippen LogP contribution in [0.5, 0.6) is 0 Å². The Kier molecular flexibility index (Phi) is 4.30. The fraction of sp³-hybridized carbons (Fsp3) is 0.462. The van der Waals surface area contributed by atoms with Crippen LogP contribution in [0.1, 0.15) is 24.2 Å². The number of hydrogen-bond donors (Lipinski definition) is 1. The van der Waals surface area contributed by atoms with Gasteiger partial charge in [0.2, 0.25) is 0 Å². The minimum Gasteiger partial charge on any atom is -0.331 e. The lowest BCUT2D eigenvalue weighted by Gasteiger charge is -2.39. The highest BCUT2D eigenvalue weighted by Gasteiger charge is 2.29. The van der Waals surface area contributed by atoms with Crippen molar-refractivity contribution in [2.24, 2.45) is 0 Å². The maximum absolute atomic E-state index is 12.5. The van der Waals surface area contributed by atoms with E-state index in [-0.39, 0.29) is 18.0 Å². The van der Waals surface area contributed by atoms with Crippen LogP contribution < -0.4 is 5.32 Å². The summed E-state index contributed by atoms with van der Waals surface area (Å²) < 4.78 is 0.808. The Bertz CT molecular complexity index is 456. The molecule has 1 aliphatic rings. The van der Waals surface area contributed by atoms with E-state index in [1.54, 1.807) is 12.1 Å². The van der Waals surface area contributed by atoms with E-state index in [4.69, 9.17) is 11.6 Å². The van der Waals surface area contributed by atoms with E-state index in [0.29, 0.717) is 10.6 Å². The number of hydrogen-bond acceptors (Lipinski definition) is 2. The van der Waals surface area contributed by atoms with Gasteiger partial charge in [0.15, 0.2) is 0 Å². The molecule has 3 nitrogen and oxygen atoms in total. The van der Waals surface area contributed by atoms with E-state index >= 15 is 0 Å². The van der Waals surface area contributed by atoms with E-state index in [1.165, 1.54) is 0 Å². The van der Waals surface area contributed by atoms with Crippen LogP contribution in [0, 0.1) is 0 Å². The number of nitrogens with zero attached hydrogens (tertiary/aromatic N) is 1. The van der Waals surface area contributed by atoms with Crippen LogP contribution in [0.25, 0.3) is 0 Å². The molecule has 1 aromatic carbocycles. The van der Waals surface area contributed by atoms with Gasteiger partial charge in [-0.25, -0.2) is 0 Å². The quantitative estimate of drug-likeness (QED) is 0.858. The summed E-state index contributed by atoms with van der Waals surface area (Å²) in [5.74, 6) is 0.0471. The van der Waals surface area contributed by atoms with Crippen molar-refractivity contribution in [3.63, 3.8) is 0 Å². The maximum atomic E-state index is 12.5. The highest BCUT2D eigenvalue weighted by atomic mass is 79.9. The first-order chi connectivity index (χ1) is 8.50. The number of carbonyl (C=O) groups excluding carboxylic acids is 1. The zero-order valence-corrected chi connectivity index (χ0v) is 12.8. The molecule has 0 bridgehead atoms. The van der Waals surface area contributed by atoms with Crippen molar-refractivity contribution in [3.8, 4) is 0 Å². The third kappa shape index (κ3) is 2.71. The Labute approximate surface area is 121 Å². The summed E-state index contributed by atoms with van der Waals surface area (Å²) in [5.41, 5.74) is 0.642. The number of benzene rings is 1. The molecule has 1 saturated heterocycles. The molecule has 1 amide bonds. The normalized spacial score (nSPS) is 24.1. The van der Waals surface area contributed by atoms with Gasteiger partial charge >= 0.3 is 0 Å². The first-order valence-electron chi connectivity index (χ1n) is 5.99. The molecule has 1 heterocycles. The van der Waals surface area contributed by atoms with Crippen molar-refractivity contribution in [2.75, 3.05) is 13.1 Å².